The highest BCUT2D eigenvalue weighted by atomic mass is 19.1. The minimum atomic E-state index is -0.265. The second-order valence-electron chi connectivity index (χ2n) is 5.42. The Morgan fingerprint density at radius 2 is 1.70 bits per heavy atom. The molecule has 0 radical (unpaired) electrons. The molecule has 1 unspecified atom stereocenters. The van der Waals surface area contributed by atoms with Crippen molar-refractivity contribution in [2.75, 3.05) is 13.7 Å². The molecule has 3 nitrogen and oxygen atoms in total. The summed E-state index contributed by atoms with van der Waals surface area (Å²) >= 11 is 0. The van der Waals surface area contributed by atoms with Crippen molar-refractivity contribution in [1.29, 1.82) is 0 Å². The van der Waals surface area contributed by atoms with Gasteiger partial charge in [0.2, 0.25) is 0 Å². The Morgan fingerprint density at radius 1 is 1.04 bits per heavy atom. The van der Waals surface area contributed by atoms with Crippen LogP contribution in [-0.4, -0.2) is 20.0 Å². The molecule has 0 spiro atoms. The van der Waals surface area contributed by atoms with Crippen molar-refractivity contribution in [3.63, 3.8) is 0 Å². The van der Waals surface area contributed by atoms with E-state index in [1.165, 1.54) is 12.1 Å². The van der Waals surface area contributed by atoms with Gasteiger partial charge in [0.15, 0.2) is 0 Å². The fourth-order valence-corrected chi connectivity index (χ4v) is 2.29. The normalized spacial score (nSPS) is 11.9. The largest absolute Gasteiger partial charge is 0.497 e. The number of benzene rings is 2. The molecule has 122 valence electrons. The minimum Gasteiger partial charge on any atom is -0.497 e. The minimum absolute atomic E-state index is 0.115. The molecule has 0 saturated carbocycles. The number of ether oxygens (including phenoxy) is 2. The van der Waals surface area contributed by atoms with Gasteiger partial charge in [-0.1, -0.05) is 24.3 Å². The number of carbonyl (C=O) groups excluding carboxylic acids is 1. The maximum Gasteiger partial charge on any atom is 0.123 e. The van der Waals surface area contributed by atoms with Crippen molar-refractivity contribution < 1.29 is 18.7 Å². The predicted octanol–water partition coefficient (Wildman–Crippen LogP) is 3.80. The number of hydrogen-bond acceptors (Lipinski definition) is 3. The van der Waals surface area contributed by atoms with E-state index in [1.807, 2.05) is 24.3 Å². The smallest absolute Gasteiger partial charge is 0.123 e. The fraction of sp³-hybridized carbons (Fsp3) is 0.316. The topological polar surface area (TPSA) is 35.5 Å². The molecular formula is C19H21FO3. The first-order chi connectivity index (χ1) is 11.2. The summed E-state index contributed by atoms with van der Waals surface area (Å²) in [4.78, 5) is 11.2. The van der Waals surface area contributed by atoms with Crippen LogP contribution in [0.2, 0.25) is 0 Å². The highest BCUT2D eigenvalue weighted by Crippen LogP contribution is 2.14. The van der Waals surface area contributed by atoms with E-state index in [0.717, 1.165) is 23.2 Å². The fourth-order valence-electron chi connectivity index (χ4n) is 2.29. The lowest BCUT2D eigenvalue weighted by molar-refractivity contribution is -0.111. The van der Waals surface area contributed by atoms with Crippen LogP contribution >= 0.6 is 0 Å². The van der Waals surface area contributed by atoms with E-state index in [-0.39, 0.29) is 11.7 Å². The first kappa shape index (κ1) is 17.2. The molecule has 0 amide bonds. The molecule has 0 aliphatic rings. The van der Waals surface area contributed by atoms with Crippen molar-refractivity contribution in [3.8, 4) is 5.75 Å². The van der Waals surface area contributed by atoms with Gasteiger partial charge in [-0.3, -0.25) is 0 Å². The van der Waals surface area contributed by atoms with E-state index < -0.39 is 0 Å². The molecule has 0 bridgehead atoms. The Hall–Kier alpha value is -2.20. The van der Waals surface area contributed by atoms with Crippen LogP contribution in [-0.2, 0) is 22.6 Å². The summed E-state index contributed by atoms with van der Waals surface area (Å²) in [7, 11) is 1.63. The molecule has 2 rings (SSSR count). The van der Waals surface area contributed by atoms with E-state index in [9.17, 15) is 9.18 Å². The molecule has 2 aromatic carbocycles. The Bertz CT molecular complexity index is 593. The molecule has 4 heteroatoms. The van der Waals surface area contributed by atoms with Crippen LogP contribution in [0.1, 0.15) is 17.5 Å². The Morgan fingerprint density at radius 3 is 2.30 bits per heavy atom. The second-order valence-corrected chi connectivity index (χ2v) is 5.42. The lowest BCUT2D eigenvalue weighted by atomic mass is 9.98. The molecule has 23 heavy (non-hydrogen) atoms. The first-order valence-corrected chi connectivity index (χ1v) is 7.61. The van der Waals surface area contributed by atoms with Crippen LogP contribution in [0.3, 0.4) is 0 Å². The van der Waals surface area contributed by atoms with E-state index in [1.54, 1.807) is 19.2 Å². The summed E-state index contributed by atoms with van der Waals surface area (Å²) in [5.74, 6) is 0.435. The van der Waals surface area contributed by atoms with Crippen molar-refractivity contribution in [2.24, 2.45) is 5.92 Å². The third-order valence-corrected chi connectivity index (χ3v) is 3.66. The molecule has 0 aliphatic carbocycles. The van der Waals surface area contributed by atoms with Crippen LogP contribution in [0.25, 0.3) is 0 Å². The van der Waals surface area contributed by atoms with E-state index in [2.05, 4.69) is 0 Å². The molecule has 0 aromatic heterocycles. The Balaban J connectivity index is 1.72. The summed E-state index contributed by atoms with van der Waals surface area (Å²) in [5.41, 5.74) is 2.02. The number of aldehydes is 1. The van der Waals surface area contributed by atoms with Gasteiger partial charge in [0, 0.05) is 12.5 Å². The molecule has 0 heterocycles. The molecule has 0 N–H and O–H groups in total. The number of carbonyl (C=O) groups is 1. The van der Waals surface area contributed by atoms with Crippen LogP contribution in [0.5, 0.6) is 5.75 Å². The van der Waals surface area contributed by atoms with Gasteiger partial charge in [-0.25, -0.2) is 4.39 Å². The number of hydrogen-bond donors (Lipinski definition) is 0. The van der Waals surface area contributed by atoms with Crippen LogP contribution in [0.4, 0.5) is 4.39 Å². The monoisotopic (exact) mass is 316 g/mol. The quantitative estimate of drug-likeness (QED) is 0.521. The van der Waals surface area contributed by atoms with Gasteiger partial charge in [0.25, 0.3) is 0 Å². The van der Waals surface area contributed by atoms with Crippen molar-refractivity contribution >= 4 is 6.29 Å². The lowest BCUT2D eigenvalue weighted by Crippen LogP contribution is -2.10. The van der Waals surface area contributed by atoms with Gasteiger partial charge in [-0.2, -0.15) is 0 Å². The standard InChI is InChI=1S/C19H21FO3/c1-22-19-8-4-16(5-9-19)14-23-11-10-17(13-21)12-15-2-6-18(20)7-3-15/h2-9,13,17H,10-12,14H2,1H3. The van der Waals surface area contributed by atoms with Crippen LogP contribution in [0.15, 0.2) is 48.5 Å². The molecule has 0 saturated heterocycles. The summed E-state index contributed by atoms with van der Waals surface area (Å²) in [6.07, 6.45) is 2.20. The zero-order chi connectivity index (χ0) is 16.5. The summed E-state index contributed by atoms with van der Waals surface area (Å²) in [6, 6.07) is 13.9. The van der Waals surface area contributed by atoms with Gasteiger partial charge in [0.05, 0.1) is 13.7 Å². The number of halogens is 1. The first-order valence-electron chi connectivity index (χ1n) is 7.61. The molecular weight excluding hydrogens is 295 g/mol. The van der Waals surface area contributed by atoms with Crippen LogP contribution < -0.4 is 4.74 Å². The third-order valence-electron chi connectivity index (χ3n) is 3.66. The summed E-state index contributed by atoms with van der Waals surface area (Å²) in [5, 5.41) is 0. The highest BCUT2D eigenvalue weighted by molar-refractivity contribution is 5.54. The summed E-state index contributed by atoms with van der Waals surface area (Å²) in [6.45, 7) is 1.02. The van der Waals surface area contributed by atoms with E-state index in [4.69, 9.17) is 9.47 Å². The van der Waals surface area contributed by atoms with Gasteiger partial charge < -0.3 is 14.3 Å². The Kier molecular flexibility index (Phi) is 6.76. The van der Waals surface area contributed by atoms with Gasteiger partial charge in [-0.05, 0) is 48.2 Å². The van der Waals surface area contributed by atoms with Crippen molar-refractivity contribution in [3.05, 3.63) is 65.5 Å². The molecule has 1 atom stereocenters. The number of rotatable bonds is 9. The molecule has 2 aromatic rings. The van der Waals surface area contributed by atoms with E-state index in [0.29, 0.717) is 26.1 Å². The van der Waals surface area contributed by atoms with Crippen molar-refractivity contribution in [2.45, 2.75) is 19.4 Å². The average Bonchev–Trinajstić information content (AvgIpc) is 2.60. The third kappa shape index (κ3) is 5.83. The number of methoxy groups -OCH3 is 1. The SMILES string of the molecule is COc1ccc(COCCC(C=O)Cc2ccc(F)cc2)cc1. The lowest BCUT2D eigenvalue weighted by Gasteiger charge is -2.11. The van der Waals surface area contributed by atoms with Crippen LogP contribution in [0, 0.1) is 11.7 Å². The Labute approximate surface area is 136 Å². The second kappa shape index (κ2) is 9.06. The maximum absolute atomic E-state index is 12.9. The highest BCUT2D eigenvalue weighted by Gasteiger charge is 2.09. The zero-order valence-electron chi connectivity index (χ0n) is 13.2. The molecule has 0 aliphatic heterocycles. The van der Waals surface area contributed by atoms with Gasteiger partial charge >= 0.3 is 0 Å². The van der Waals surface area contributed by atoms with Crippen molar-refractivity contribution in [1.82, 2.24) is 0 Å². The van der Waals surface area contributed by atoms with Gasteiger partial charge in [0.1, 0.15) is 17.9 Å². The van der Waals surface area contributed by atoms with E-state index >= 15 is 0 Å². The maximum atomic E-state index is 12.9. The molecule has 0 fully saturated rings. The van der Waals surface area contributed by atoms with Gasteiger partial charge in [-0.15, -0.1) is 0 Å². The predicted molar refractivity (Wildman–Crippen MR) is 86.9 cm³/mol. The average molecular weight is 316 g/mol. The summed E-state index contributed by atoms with van der Waals surface area (Å²) < 4.78 is 23.6. The zero-order valence-corrected chi connectivity index (χ0v) is 13.2.